The quantitative estimate of drug-likeness (QED) is 0.245. The van der Waals surface area contributed by atoms with Gasteiger partial charge < -0.3 is 9.88 Å². The zero-order valence-corrected chi connectivity index (χ0v) is 22.5. The number of benzene rings is 1. The van der Waals surface area contributed by atoms with E-state index in [0.717, 1.165) is 57.7 Å². The van der Waals surface area contributed by atoms with Crippen LogP contribution < -0.4 is 4.90 Å². The van der Waals surface area contributed by atoms with Crippen LogP contribution in [0.3, 0.4) is 0 Å². The van der Waals surface area contributed by atoms with Gasteiger partial charge in [-0.15, -0.1) is 0 Å². The van der Waals surface area contributed by atoms with Gasteiger partial charge in [0.1, 0.15) is 11.5 Å². The van der Waals surface area contributed by atoms with Gasteiger partial charge in [-0.05, 0) is 61.1 Å². The topological polar surface area (TPSA) is 70.6 Å². The average molecular weight is 505 g/mol. The highest BCUT2D eigenvalue weighted by molar-refractivity contribution is 6.12. The predicted octanol–water partition coefficient (Wildman–Crippen LogP) is 7.79. The molecule has 38 heavy (non-hydrogen) atoms. The number of aromatic nitrogens is 5. The van der Waals surface area contributed by atoms with Crippen molar-refractivity contribution < 1.29 is 0 Å². The molecule has 7 rings (SSSR count). The fourth-order valence-corrected chi connectivity index (χ4v) is 6.76. The Labute approximate surface area is 223 Å². The molecule has 1 aromatic carbocycles. The molecule has 1 aliphatic carbocycles. The van der Waals surface area contributed by atoms with Crippen LogP contribution in [0.15, 0.2) is 48.9 Å². The second-order valence-corrected chi connectivity index (χ2v) is 11.5. The SMILES string of the molecule is CCCCC1(CC)CCN(c2nc(-c3ccnc4[nH]c5ccccc5c34)nc3cncc(C4CCC4)c23)C1. The molecule has 4 aromatic heterocycles. The number of nitrogens with zero attached hydrogens (tertiary/aromatic N) is 5. The van der Waals surface area contributed by atoms with Crippen LogP contribution in [0.4, 0.5) is 5.82 Å². The first kappa shape index (κ1) is 23.6. The summed E-state index contributed by atoms with van der Waals surface area (Å²) in [4.78, 5) is 26.0. The molecule has 1 saturated carbocycles. The van der Waals surface area contributed by atoms with Crippen molar-refractivity contribution in [3.8, 4) is 11.4 Å². The van der Waals surface area contributed by atoms with Crippen molar-refractivity contribution >= 4 is 38.7 Å². The molecule has 1 saturated heterocycles. The largest absolute Gasteiger partial charge is 0.355 e. The van der Waals surface area contributed by atoms with Crippen LogP contribution in [0.1, 0.15) is 76.7 Å². The summed E-state index contributed by atoms with van der Waals surface area (Å²) in [6, 6.07) is 10.5. The van der Waals surface area contributed by atoms with E-state index in [-0.39, 0.29) is 0 Å². The lowest BCUT2D eigenvalue weighted by Crippen LogP contribution is -2.28. The van der Waals surface area contributed by atoms with Gasteiger partial charge in [-0.25, -0.2) is 15.0 Å². The predicted molar refractivity (Wildman–Crippen MR) is 156 cm³/mol. The zero-order valence-electron chi connectivity index (χ0n) is 22.5. The van der Waals surface area contributed by atoms with Gasteiger partial charge in [0.15, 0.2) is 5.82 Å². The normalized spacial score (nSPS) is 20.1. The highest BCUT2D eigenvalue weighted by atomic mass is 15.2. The number of hydrogen-bond acceptors (Lipinski definition) is 5. The minimum Gasteiger partial charge on any atom is -0.355 e. The molecule has 5 heterocycles. The summed E-state index contributed by atoms with van der Waals surface area (Å²) in [5, 5.41) is 3.46. The second kappa shape index (κ2) is 9.33. The Morgan fingerprint density at radius 3 is 2.76 bits per heavy atom. The van der Waals surface area contributed by atoms with E-state index >= 15 is 0 Å². The smallest absolute Gasteiger partial charge is 0.163 e. The van der Waals surface area contributed by atoms with E-state index in [1.54, 1.807) is 0 Å². The van der Waals surface area contributed by atoms with Crippen molar-refractivity contribution in [2.45, 2.75) is 71.1 Å². The zero-order chi connectivity index (χ0) is 25.7. The number of rotatable bonds is 7. The van der Waals surface area contributed by atoms with Crippen LogP contribution in [0, 0.1) is 5.41 Å². The van der Waals surface area contributed by atoms with Crippen molar-refractivity contribution in [3.05, 3.63) is 54.5 Å². The van der Waals surface area contributed by atoms with Crippen molar-refractivity contribution in [3.63, 3.8) is 0 Å². The number of anilines is 1. The van der Waals surface area contributed by atoms with E-state index in [1.165, 1.54) is 62.3 Å². The number of unbranched alkanes of at least 4 members (excludes halogenated alkanes) is 1. The lowest BCUT2D eigenvalue weighted by atomic mass is 9.79. The molecule has 0 bridgehead atoms. The third-order valence-corrected chi connectivity index (χ3v) is 9.35. The van der Waals surface area contributed by atoms with Crippen LogP contribution in [-0.2, 0) is 0 Å². The molecule has 2 aliphatic rings. The molecule has 1 unspecified atom stereocenters. The Morgan fingerprint density at radius 2 is 1.95 bits per heavy atom. The van der Waals surface area contributed by atoms with Crippen LogP contribution in [0.5, 0.6) is 0 Å². The van der Waals surface area contributed by atoms with E-state index in [9.17, 15) is 0 Å². The van der Waals surface area contributed by atoms with Crippen molar-refractivity contribution in [1.29, 1.82) is 0 Å². The highest BCUT2D eigenvalue weighted by Crippen LogP contribution is 2.46. The number of H-pyrrole nitrogens is 1. The summed E-state index contributed by atoms with van der Waals surface area (Å²) in [5.74, 6) is 2.44. The summed E-state index contributed by atoms with van der Waals surface area (Å²) < 4.78 is 0. The molecule has 6 heteroatoms. The number of pyridine rings is 2. The molecule has 1 atom stereocenters. The minimum atomic E-state index is 0.373. The summed E-state index contributed by atoms with van der Waals surface area (Å²) in [6.45, 7) is 6.80. The Bertz CT molecular complexity index is 1630. The van der Waals surface area contributed by atoms with Gasteiger partial charge in [-0.3, -0.25) is 4.98 Å². The maximum absolute atomic E-state index is 5.42. The van der Waals surface area contributed by atoms with Crippen LogP contribution in [-0.4, -0.2) is 38.0 Å². The molecule has 1 aliphatic heterocycles. The van der Waals surface area contributed by atoms with Gasteiger partial charge in [-0.2, -0.15) is 0 Å². The van der Waals surface area contributed by atoms with Gasteiger partial charge in [0.2, 0.25) is 0 Å². The van der Waals surface area contributed by atoms with E-state index < -0.39 is 0 Å². The maximum atomic E-state index is 5.42. The molecule has 6 nitrogen and oxygen atoms in total. The molecule has 5 aromatic rings. The molecule has 2 fully saturated rings. The first-order chi connectivity index (χ1) is 18.7. The number of fused-ring (bicyclic) bond motifs is 4. The lowest BCUT2D eigenvalue weighted by Gasteiger charge is -2.30. The second-order valence-electron chi connectivity index (χ2n) is 11.5. The standard InChI is InChI=1S/C32H36N6/c1-3-5-14-32(4-2)15-17-38(20-32)31-28-24(21-9-8-10-21)18-33-19-26(28)36-29(37-31)23-13-16-34-30-27(23)22-11-6-7-12-25(22)35-30/h6-7,11-13,16,18-19,21H,3-5,8-10,14-15,17,20H2,1-2H3,(H,34,35). The van der Waals surface area contributed by atoms with Gasteiger partial charge in [0, 0.05) is 52.7 Å². The van der Waals surface area contributed by atoms with Crippen LogP contribution in [0.25, 0.3) is 44.2 Å². The first-order valence-electron chi connectivity index (χ1n) is 14.5. The molecule has 1 N–H and O–H groups in total. The lowest BCUT2D eigenvalue weighted by molar-refractivity contribution is 0.278. The molecule has 194 valence electrons. The summed E-state index contributed by atoms with van der Waals surface area (Å²) in [7, 11) is 0. The molecule has 0 radical (unpaired) electrons. The van der Waals surface area contributed by atoms with Crippen molar-refractivity contribution in [1.82, 2.24) is 24.9 Å². The number of aromatic amines is 1. The summed E-state index contributed by atoms with van der Waals surface area (Å²) >= 11 is 0. The van der Waals surface area contributed by atoms with Crippen molar-refractivity contribution in [2.75, 3.05) is 18.0 Å². The average Bonchev–Trinajstić information content (AvgIpc) is 3.53. The molecule has 0 spiro atoms. The summed E-state index contributed by atoms with van der Waals surface area (Å²) in [6.07, 6.45) is 16.0. The minimum absolute atomic E-state index is 0.373. The van der Waals surface area contributed by atoms with Crippen LogP contribution >= 0.6 is 0 Å². The van der Waals surface area contributed by atoms with Gasteiger partial charge in [-0.1, -0.05) is 51.3 Å². The molecular formula is C32H36N6. The van der Waals surface area contributed by atoms with Gasteiger partial charge >= 0.3 is 0 Å². The van der Waals surface area contributed by atoms with Crippen LogP contribution in [0.2, 0.25) is 0 Å². The Hall–Kier alpha value is -3.54. The van der Waals surface area contributed by atoms with E-state index in [1.807, 2.05) is 12.4 Å². The molecular weight excluding hydrogens is 468 g/mol. The van der Waals surface area contributed by atoms with Gasteiger partial charge in [0.05, 0.1) is 11.7 Å². The number of para-hydroxylation sites is 1. The number of nitrogens with one attached hydrogen (secondary N) is 1. The Kier molecular flexibility index (Phi) is 5.79. The third kappa shape index (κ3) is 3.76. The van der Waals surface area contributed by atoms with E-state index in [0.29, 0.717) is 11.3 Å². The number of hydrogen-bond donors (Lipinski definition) is 1. The van der Waals surface area contributed by atoms with E-state index in [4.69, 9.17) is 9.97 Å². The fourth-order valence-electron chi connectivity index (χ4n) is 6.76. The van der Waals surface area contributed by atoms with Crippen molar-refractivity contribution in [2.24, 2.45) is 5.41 Å². The monoisotopic (exact) mass is 504 g/mol. The Balaban J connectivity index is 1.43. The third-order valence-electron chi connectivity index (χ3n) is 9.35. The fraction of sp³-hybridized carbons (Fsp3) is 0.438. The summed E-state index contributed by atoms with van der Waals surface area (Å²) in [5.41, 5.74) is 5.66. The van der Waals surface area contributed by atoms with E-state index in [2.05, 4.69) is 70.2 Å². The highest BCUT2D eigenvalue weighted by Gasteiger charge is 2.38. The molecule has 0 amide bonds. The Morgan fingerprint density at radius 1 is 1.05 bits per heavy atom. The first-order valence-corrected chi connectivity index (χ1v) is 14.5. The van der Waals surface area contributed by atoms with Gasteiger partial charge in [0.25, 0.3) is 0 Å². The maximum Gasteiger partial charge on any atom is 0.163 e.